The number of nitrogens with one attached hydrogen (secondary N) is 1. The molecule has 2 aromatic heterocycles. The molecule has 5 heteroatoms. The van der Waals surface area contributed by atoms with Gasteiger partial charge in [-0.15, -0.1) is 11.8 Å². The first-order valence-corrected chi connectivity index (χ1v) is 5.71. The van der Waals surface area contributed by atoms with Crippen molar-refractivity contribution in [3.8, 4) is 6.07 Å². The van der Waals surface area contributed by atoms with E-state index in [9.17, 15) is 0 Å². The summed E-state index contributed by atoms with van der Waals surface area (Å²) in [5.41, 5.74) is 3.16. The normalized spacial score (nSPS) is 10.5. The van der Waals surface area contributed by atoms with E-state index in [4.69, 9.17) is 5.26 Å². The summed E-state index contributed by atoms with van der Waals surface area (Å²) in [7, 11) is 0. The lowest BCUT2D eigenvalue weighted by Gasteiger charge is -2.02. The van der Waals surface area contributed by atoms with Crippen LogP contribution in [0.3, 0.4) is 0 Å². The Morgan fingerprint density at radius 3 is 2.73 bits per heavy atom. The molecule has 0 aliphatic rings. The highest BCUT2D eigenvalue weighted by atomic mass is 32.2. The standard InChI is InChI=1S/C10H10N4S/c1-5-8-6(2)13-14-9(8)7(4-11)10(12-5)15-3/h1-3H3,(H,13,14). The molecule has 0 radical (unpaired) electrons. The molecule has 2 rings (SSSR count). The minimum absolute atomic E-state index is 0.562. The average molecular weight is 218 g/mol. The largest absolute Gasteiger partial charge is 0.282 e. The van der Waals surface area contributed by atoms with E-state index in [2.05, 4.69) is 21.3 Å². The van der Waals surface area contributed by atoms with Crippen LogP contribution >= 0.6 is 11.8 Å². The Kier molecular flexibility index (Phi) is 2.37. The number of aromatic amines is 1. The molecule has 0 saturated heterocycles. The first-order valence-electron chi connectivity index (χ1n) is 4.48. The highest BCUT2D eigenvalue weighted by molar-refractivity contribution is 7.98. The van der Waals surface area contributed by atoms with Crippen LogP contribution in [-0.4, -0.2) is 21.4 Å². The second-order valence-corrected chi connectivity index (χ2v) is 4.06. The molecule has 2 aromatic rings. The van der Waals surface area contributed by atoms with E-state index in [-0.39, 0.29) is 0 Å². The van der Waals surface area contributed by atoms with Gasteiger partial charge in [0.25, 0.3) is 0 Å². The van der Waals surface area contributed by atoms with E-state index in [1.165, 1.54) is 11.8 Å². The summed E-state index contributed by atoms with van der Waals surface area (Å²) in [4.78, 5) is 4.40. The average Bonchev–Trinajstić information content (AvgIpc) is 2.61. The van der Waals surface area contributed by atoms with Crippen LogP contribution in [-0.2, 0) is 0 Å². The van der Waals surface area contributed by atoms with Gasteiger partial charge in [-0.3, -0.25) is 5.10 Å². The maximum absolute atomic E-state index is 9.09. The van der Waals surface area contributed by atoms with Gasteiger partial charge < -0.3 is 0 Å². The van der Waals surface area contributed by atoms with Crippen molar-refractivity contribution in [3.05, 3.63) is 17.0 Å². The number of aromatic nitrogens is 3. The predicted molar refractivity (Wildman–Crippen MR) is 59.9 cm³/mol. The summed E-state index contributed by atoms with van der Waals surface area (Å²) in [6, 6.07) is 2.16. The summed E-state index contributed by atoms with van der Waals surface area (Å²) in [6.07, 6.45) is 1.91. The first-order chi connectivity index (χ1) is 7.19. The number of nitriles is 1. The van der Waals surface area contributed by atoms with Crippen molar-refractivity contribution in [2.75, 3.05) is 6.26 Å². The van der Waals surface area contributed by atoms with Crippen LogP contribution in [0.5, 0.6) is 0 Å². The molecule has 4 nitrogen and oxygen atoms in total. The zero-order valence-corrected chi connectivity index (χ0v) is 9.57. The van der Waals surface area contributed by atoms with Crippen LogP contribution in [0.25, 0.3) is 10.9 Å². The van der Waals surface area contributed by atoms with Crippen molar-refractivity contribution >= 4 is 22.7 Å². The summed E-state index contributed by atoms with van der Waals surface area (Å²) in [5.74, 6) is 0. The predicted octanol–water partition coefficient (Wildman–Crippen LogP) is 2.17. The maximum Gasteiger partial charge on any atom is 0.116 e. The molecule has 1 N–H and O–H groups in total. The number of H-pyrrole nitrogens is 1. The number of rotatable bonds is 1. The third kappa shape index (κ3) is 1.38. The monoisotopic (exact) mass is 218 g/mol. The number of fused-ring (bicyclic) bond motifs is 1. The van der Waals surface area contributed by atoms with Gasteiger partial charge in [0.15, 0.2) is 0 Å². The van der Waals surface area contributed by atoms with Gasteiger partial charge in [-0.25, -0.2) is 4.98 Å². The van der Waals surface area contributed by atoms with Gasteiger partial charge in [-0.1, -0.05) is 0 Å². The fraction of sp³-hybridized carbons (Fsp3) is 0.300. The van der Waals surface area contributed by atoms with Crippen LogP contribution in [0.2, 0.25) is 0 Å². The van der Waals surface area contributed by atoms with Crippen molar-refractivity contribution in [3.63, 3.8) is 0 Å². The van der Waals surface area contributed by atoms with Gasteiger partial charge in [0.1, 0.15) is 22.2 Å². The molecule has 0 spiro atoms. The summed E-state index contributed by atoms with van der Waals surface area (Å²) < 4.78 is 0. The smallest absolute Gasteiger partial charge is 0.116 e. The van der Waals surface area contributed by atoms with Gasteiger partial charge >= 0.3 is 0 Å². The number of pyridine rings is 1. The fourth-order valence-corrected chi connectivity index (χ4v) is 2.24. The van der Waals surface area contributed by atoms with Gasteiger partial charge in [-0.2, -0.15) is 10.4 Å². The topological polar surface area (TPSA) is 65.4 Å². The summed E-state index contributed by atoms with van der Waals surface area (Å²) in [5, 5.41) is 17.8. The van der Waals surface area contributed by atoms with Gasteiger partial charge in [0.2, 0.25) is 0 Å². The zero-order chi connectivity index (χ0) is 11.0. The SMILES string of the molecule is CSc1nc(C)c2c(C)[nH]nc2c1C#N. The number of nitrogens with zero attached hydrogens (tertiary/aromatic N) is 3. The molecule has 0 unspecified atom stereocenters. The van der Waals surface area contributed by atoms with E-state index in [1.54, 1.807) is 0 Å². The first kappa shape index (κ1) is 9.99. The molecule has 0 aromatic carbocycles. The Labute approximate surface area is 91.7 Å². The van der Waals surface area contributed by atoms with E-state index in [0.717, 1.165) is 27.3 Å². The molecule has 0 amide bonds. The molecule has 0 atom stereocenters. The van der Waals surface area contributed by atoms with Crippen LogP contribution in [0.1, 0.15) is 17.0 Å². The fourth-order valence-electron chi connectivity index (χ4n) is 1.67. The number of thioether (sulfide) groups is 1. The second kappa shape index (κ2) is 3.55. The third-order valence-electron chi connectivity index (χ3n) is 2.33. The molecular formula is C10H10N4S. The quantitative estimate of drug-likeness (QED) is 0.745. The Bertz CT molecular complexity index is 565. The Morgan fingerprint density at radius 2 is 2.13 bits per heavy atom. The number of hydrogen-bond donors (Lipinski definition) is 1. The van der Waals surface area contributed by atoms with Gasteiger partial charge in [0, 0.05) is 16.8 Å². The molecule has 0 bridgehead atoms. The van der Waals surface area contributed by atoms with Gasteiger partial charge in [0.05, 0.1) is 0 Å². The molecule has 76 valence electrons. The summed E-state index contributed by atoms with van der Waals surface area (Å²) in [6.45, 7) is 3.87. The Hall–Kier alpha value is -1.54. The highest BCUT2D eigenvalue weighted by Crippen LogP contribution is 2.27. The van der Waals surface area contributed by atoms with Crippen molar-refractivity contribution in [1.29, 1.82) is 5.26 Å². The Balaban J connectivity index is 2.95. The lowest BCUT2D eigenvalue weighted by Crippen LogP contribution is -1.92. The van der Waals surface area contributed by atoms with Gasteiger partial charge in [-0.05, 0) is 20.1 Å². The van der Waals surface area contributed by atoms with Crippen molar-refractivity contribution in [1.82, 2.24) is 15.2 Å². The van der Waals surface area contributed by atoms with Crippen LogP contribution in [0, 0.1) is 25.2 Å². The minimum Gasteiger partial charge on any atom is -0.282 e. The highest BCUT2D eigenvalue weighted by Gasteiger charge is 2.15. The van der Waals surface area contributed by atoms with Crippen molar-refractivity contribution < 1.29 is 0 Å². The van der Waals surface area contributed by atoms with E-state index in [1.807, 2.05) is 20.1 Å². The van der Waals surface area contributed by atoms with Crippen LogP contribution in [0.15, 0.2) is 5.03 Å². The third-order valence-corrected chi connectivity index (χ3v) is 3.02. The van der Waals surface area contributed by atoms with E-state index >= 15 is 0 Å². The minimum atomic E-state index is 0.562. The number of aryl methyl sites for hydroxylation is 2. The van der Waals surface area contributed by atoms with Crippen molar-refractivity contribution in [2.24, 2.45) is 0 Å². The molecule has 0 aliphatic heterocycles. The molecule has 15 heavy (non-hydrogen) atoms. The molecular weight excluding hydrogens is 208 g/mol. The zero-order valence-electron chi connectivity index (χ0n) is 8.75. The van der Waals surface area contributed by atoms with Crippen LogP contribution < -0.4 is 0 Å². The lowest BCUT2D eigenvalue weighted by molar-refractivity contribution is 1.06. The maximum atomic E-state index is 9.09. The van der Waals surface area contributed by atoms with Crippen LogP contribution in [0.4, 0.5) is 0 Å². The molecule has 0 saturated carbocycles. The Morgan fingerprint density at radius 1 is 1.40 bits per heavy atom. The van der Waals surface area contributed by atoms with E-state index < -0.39 is 0 Å². The van der Waals surface area contributed by atoms with Crippen molar-refractivity contribution in [2.45, 2.75) is 18.9 Å². The summed E-state index contributed by atoms with van der Waals surface area (Å²) >= 11 is 1.47. The van der Waals surface area contributed by atoms with E-state index in [0.29, 0.717) is 5.56 Å². The molecule has 2 heterocycles. The molecule has 0 aliphatic carbocycles. The number of hydrogen-bond acceptors (Lipinski definition) is 4. The molecule has 0 fully saturated rings. The second-order valence-electron chi connectivity index (χ2n) is 3.27. The lowest BCUT2D eigenvalue weighted by atomic mass is 10.1.